The maximum absolute atomic E-state index is 13.4. The van der Waals surface area contributed by atoms with E-state index < -0.39 is 0 Å². The number of rotatable bonds is 9. The molecule has 2 heterocycles. The third kappa shape index (κ3) is 6.16. The van der Waals surface area contributed by atoms with Crippen LogP contribution in [0.4, 0.5) is 5.69 Å². The summed E-state index contributed by atoms with van der Waals surface area (Å²) in [7, 11) is 2.02. The summed E-state index contributed by atoms with van der Waals surface area (Å²) in [5.41, 5.74) is 5.40. The average molecular weight is 595 g/mol. The normalized spacial score (nSPS) is 26.1. The first-order valence-corrected chi connectivity index (χ1v) is 16.6. The highest BCUT2D eigenvalue weighted by Crippen LogP contribution is 2.60. The Bertz CT molecular complexity index is 1450. The first kappa shape index (κ1) is 29.1. The monoisotopic (exact) mass is 594 g/mol. The predicted molar refractivity (Wildman–Crippen MR) is 174 cm³/mol. The fraction of sp³-hybridized carbons (Fsp3) is 0.514. The second-order valence-corrected chi connectivity index (χ2v) is 14.1. The number of hydrogen-bond donors (Lipinski definition) is 1. The second kappa shape index (κ2) is 12.1. The molecule has 5 aliphatic rings. The Hall–Kier alpha value is -3.58. The molecule has 0 radical (unpaired) electrons. The van der Waals surface area contributed by atoms with Crippen molar-refractivity contribution in [3.05, 3.63) is 72.1 Å². The molecule has 1 amide bonds. The van der Waals surface area contributed by atoms with Crippen LogP contribution in [0, 0.1) is 23.2 Å². The summed E-state index contributed by atoms with van der Waals surface area (Å²) in [4.78, 5) is 24.5. The van der Waals surface area contributed by atoms with Crippen molar-refractivity contribution >= 4 is 11.6 Å². The van der Waals surface area contributed by atoms with Crippen LogP contribution in [-0.2, 0) is 6.54 Å². The molecule has 1 saturated heterocycles. The largest absolute Gasteiger partial charge is 0.506 e. The van der Waals surface area contributed by atoms with Crippen LogP contribution in [0.2, 0.25) is 0 Å². The molecule has 232 valence electrons. The summed E-state index contributed by atoms with van der Waals surface area (Å²) in [6, 6.07) is 16.3. The molecule has 2 aromatic carbocycles. The standard InChI is InChI=1S/C37H46N4O3/c1-3-44-35-16-29(15-31(18-35)32-17-34(42)23-38-22-32)24-40-8-10-41(11-9-40)33-6-4-30(5-7-33)36(43)39(2)25-37-19-26-12-27(20-37)14-28(13-26)21-37/h4-7,15-18,22-23,26-28,42H,3,8-14,19-21,24-25H2,1-2H3. The first-order valence-electron chi connectivity index (χ1n) is 16.6. The van der Waals surface area contributed by atoms with Gasteiger partial charge in [-0.25, -0.2) is 0 Å². The predicted octanol–water partition coefficient (Wildman–Crippen LogP) is 6.46. The molecule has 1 aromatic heterocycles. The lowest BCUT2D eigenvalue weighted by Crippen LogP contribution is -2.51. The van der Waals surface area contributed by atoms with E-state index in [4.69, 9.17) is 4.74 Å². The first-order chi connectivity index (χ1) is 21.3. The van der Waals surface area contributed by atoms with E-state index in [1.807, 2.05) is 37.1 Å². The van der Waals surface area contributed by atoms with Crippen LogP contribution in [0.25, 0.3) is 11.1 Å². The quantitative estimate of drug-likeness (QED) is 0.307. The summed E-state index contributed by atoms with van der Waals surface area (Å²) in [5.74, 6) is 3.87. The number of ether oxygens (including phenoxy) is 1. The van der Waals surface area contributed by atoms with Gasteiger partial charge in [0.1, 0.15) is 11.5 Å². The smallest absolute Gasteiger partial charge is 0.253 e. The van der Waals surface area contributed by atoms with E-state index in [0.29, 0.717) is 12.0 Å². The maximum Gasteiger partial charge on any atom is 0.253 e. The van der Waals surface area contributed by atoms with Gasteiger partial charge < -0.3 is 19.6 Å². The Labute approximate surface area is 261 Å². The number of aromatic hydroxyl groups is 1. The topological polar surface area (TPSA) is 69.1 Å². The second-order valence-electron chi connectivity index (χ2n) is 14.1. The molecule has 0 unspecified atom stereocenters. The Balaban J connectivity index is 0.949. The lowest BCUT2D eigenvalue weighted by molar-refractivity contribution is -0.0629. The van der Waals surface area contributed by atoms with Crippen LogP contribution >= 0.6 is 0 Å². The van der Waals surface area contributed by atoms with E-state index in [1.54, 1.807) is 12.3 Å². The molecule has 4 aliphatic carbocycles. The van der Waals surface area contributed by atoms with Gasteiger partial charge in [-0.2, -0.15) is 0 Å². The Morgan fingerprint density at radius 1 is 0.932 bits per heavy atom. The highest BCUT2D eigenvalue weighted by Gasteiger charge is 2.51. The minimum Gasteiger partial charge on any atom is -0.506 e. The van der Waals surface area contributed by atoms with Gasteiger partial charge in [0.25, 0.3) is 5.91 Å². The lowest BCUT2D eigenvalue weighted by atomic mass is 9.49. The molecule has 0 atom stereocenters. The third-order valence-electron chi connectivity index (χ3n) is 10.7. The summed E-state index contributed by atoms with van der Waals surface area (Å²) < 4.78 is 5.87. The molecule has 44 heavy (non-hydrogen) atoms. The number of carbonyl (C=O) groups excluding carboxylic acids is 1. The number of nitrogens with zero attached hydrogens (tertiary/aromatic N) is 4. The SMILES string of the molecule is CCOc1cc(CN2CCN(c3ccc(C(=O)N(C)CC45CC6CC(CC(C6)C4)C5)cc3)CC2)cc(-c2cncc(O)c2)c1. The van der Waals surface area contributed by atoms with Crippen molar-refractivity contribution in [3.8, 4) is 22.6 Å². The van der Waals surface area contributed by atoms with Crippen molar-refractivity contribution in [3.63, 3.8) is 0 Å². The zero-order valence-corrected chi connectivity index (χ0v) is 26.3. The molecule has 5 fully saturated rings. The Kier molecular flexibility index (Phi) is 8.00. The number of piperazine rings is 1. The van der Waals surface area contributed by atoms with Crippen molar-refractivity contribution < 1.29 is 14.6 Å². The highest BCUT2D eigenvalue weighted by atomic mass is 16.5. The van der Waals surface area contributed by atoms with Gasteiger partial charge in [0.05, 0.1) is 12.8 Å². The molecule has 4 saturated carbocycles. The molecule has 1 aliphatic heterocycles. The van der Waals surface area contributed by atoms with E-state index in [0.717, 1.165) is 79.5 Å². The van der Waals surface area contributed by atoms with Gasteiger partial charge >= 0.3 is 0 Å². The van der Waals surface area contributed by atoms with E-state index in [2.05, 4.69) is 39.0 Å². The van der Waals surface area contributed by atoms with Gasteiger partial charge in [-0.05, 0) is 128 Å². The molecular weight excluding hydrogens is 548 g/mol. The third-order valence-corrected chi connectivity index (χ3v) is 10.7. The van der Waals surface area contributed by atoms with Gasteiger partial charge in [0, 0.05) is 69.3 Å². The number of benzene rings is 2. The van der Waals surface area contributed by atoms with Gasteiger partial charge in [-0.15, -0.1) is 0 Å². The molecule has 1 N–H and O–H groups in total. The molecule has 0 spiro atoms. The van der Waals surface area contributed by atoms with Crippen LogP contribution in [-0.4, -0.2) is 72.2 Å². The number of hydrogen-bond acceptors (Lipinski definition) is 6. The number of aromatic nitrogens is 1. The average Bonchev–Trinajstić information content (AvgIpc) is 3.00. The minimum absolute atomic E-state index is 0.156. The molecule has 7 heteroatoms. The minimum atomic E-state index is 0.156. The summed E-state index contributed by atoms with van der Waals surface area (Å²) in [6.45, 7) is 8.12. The molecule has 8 rings (SSSR count). The summed E-state index contributed by atoms with van der Waals surface area (Å²) >= 11 is 0. The van der Waals surface area contributed by atoms with Crippen LogP contribution in [0.15, 0.2) is 60.9 Å². The zero-order chi connectivity index (χ0) is 30.3. The van der Waals surface area contributed by atoms with Crippen molar-refractivity contribution in [2.24, 2.45) is 23.2 Å². The maximum atomic E-state index is 13.4. The fourth-order valence-corrected chi connectivity index (χ4v) is 9.27. The van der Waals surface area contributed by atoms with Crippen LogP contribution in [0.1, 0.15) is 61.4 Å². The highest BCUT2D eigenvalue weighted by molar-refractivity contribution is 5.94. The van der Waals surface area contributed by atoms with Crippen LogP contribution in [0.3, 0.4) is 0 Å². The molecule has 7 nitrogen and oxygen atoms in total. The van der Waals surface area contributed by atoms with Crippen molar-refractivity contribution in [1.82, 2.24) is 14.8 Å². The van der Waals surface area contributed by atoms with Crippen molar-refractivity contribution in [2.75, 3.05) is 51.3 Å². The van der Waals surface area contributed by atoms with Gasteiger partial charge in [0.2, 0.25) is 0 Å². The zero-order valence-electron chi connectivity index (χ0n) is 26.3. The summed E-state index contributed by atoms with van der Waals surface area (Å²) in [6.07, 6.45) is 11.5. The number of anilines is 1. The van der Waals surface area contributed by atoms with Crippen LogP contribution in [0.5, 0.6) is 11.5 Å². The van der Waals surface area contributed by atoms with E-state index in [1.165, 1.54) is 56.0 Å². The molecule has 3 aromatic rings. The Morgan fingerprint density at radius 2 is 1.61 bits per heavy atom. The summed E-state index contributed by atoms with van der Waals surface area (Å²) in [5, 5.41) is 9.94. The number of pyridine rings is 1. The van der Waals surface area contributed by atoms with Crippen molar-refractivity contribution in [1.29, 1.82) is 0 Å². The number of amides is 1. The fourth-order valence-electron chi connectivity index (χ4n) is 9.27. The van der Waals surface area contributed by atoms with Gasteiger partial charge in [-0.3, -0.25) is 14.7 Å². The van der Waals surface area contributed by atoms with Crippen molar-refractivity contribution in [2.45, 2.75) is 52.0 Å². The van der Waals surface area contributed by atoms with E-state index in [-0.39, 0.29) is 11.7 Å². The molecule has 4 bridgehead atoms. The van der Waals surface area contributed by atoms with Gasteiger partial charge in [0.15, 0.2) is 0 Å². The van der Waals surface area contributed by atoms with E-state index in [9.17, 15) is 9.90 Å². The number of carbonyl (C=O) groups is 1. The Morgan fingerprint density at radius 3 is 2.25 bits per heavy atom. The lowest BCUT2D eigenvalue weighted by Gasteiger charge is -2.57. The van der Waals surface area contributed by atoms with Crippen LogP contribution < -0.4 is 9.64 Å². The van der Waals surface area contributed by atoms with E-state index >= 15 is 0 Å². The van der Waals surface area contributed by atoms with Gasteiger partial charge in [-0.1, -0.05) is 0 Å². The molecular formula is C37H46N4O3.